The Bertz CT molecular complexity index is 815. The van der Waals surface area contributed by atoms with Gasteiger partial charge in [-0.2, -0.15) is 0 Å². The van der Waals surface area contributed by atoms with Crippen LogP contribution in [0.5, 0.6) is 0 Å². The first-order valence-electron chi connectivity index (χ1n) is 8.79. The minimum absolute atomic E-state index is 0. The van der Waals surface area contributed by atoms with Crippen molar-refractivity contribution in [1.29, 1.82) is 0 Å². The fraction of sp³-hybridized carbons (Fsp3) is 0.300. The molecule has 3 N–H and O–H groups in total. The molecule has 0 fully saturated rings. The molecule has 0 aliphatic heterocycles. The normalized spacial score (nSPS) is 10.8. The summed E-state index contributed by atoms with van der Waals surface area (Å²) in [7, 11) is 1.59. The van der Waals surface area contributed by atoms with Gasteiger partial charge in [-0.05, 0) is 42.3 Å². The number of aliphatic imine (C=N–C) groups is 1. The van der Waals surface area contributed by atoms with Gasteiger partial charge in [-0.3, -0.25) is 9.79 Å². The van der Waals surface area contributed by atoms with Gasteiger partial charge in [0.15, 0.2) is 5.96 Å². The number of nitrogens with zero attached hydrogens (tertiary/aromatic N) is 1. The third kappa shape index (κ3) is 7.41. The number of guanidine groups is 1. The largest absolute Gasteiger partial charge is 0.352 e. The molecule has 2 rings (SSSR count). The Hall–Kier alpha value is -2.23. The van der Waals surface area contributed by atoms with Gasteiger partial charge in [-0.1, -0.05) is 19.1 Å². The lowest BCUT2D eigenvalue weighted by atomic mass is 10.1. The molecule has 0 saturated carbocycles. The van der Waals surface area contributed by atoms with Crippen LogP contribution in [0, 0.1) is 11.6 Å². The molecule has 2 aromatic carbocycles. The van der Waals surface area contributed by atoms with Crippen LogP contribution in [0.15, 0.2) is 47.5 Å². The van der Waals surface area contributed by atoms with Gasteiger partial charge in [-0.25, -0.2) is 8.78 Å². The molecular formula is C20H25F2IN4O. The number of hydrogen-bond acceptors (Lipinski definition) is 2. The second-order valence-corrected chi connectivity index (χ2v) is 5.97. The van der Waals surface area contributed by atoms with Gasteiger partial charge in [0.05, 0.1) is 0 Å². The van der Waals surface area contributed by atoms with Crippen LogP contribution in [0.1, 0.15) is 34.8 Å². The van der Waals surface area contributed by atoms with Crippen LogP contribution >= 0.6 is 24.0 Å². The average Bonchev–Trinajstić information content (AvgIpc) is 2.68. The Morgan fingerprint density at radius 3 is 2.50 bits per heavy atom. The molecule has 0 aromatic heterocycles. The second-order valence-electron chi connectivity index (χ2n) is 5.97. The summed E-state index contributed by atoms with van der Waals surface area (Å²) in [5.41, 5.74) is 1.71. The zero-order valence-corrected chi connectivity index (χ0v) is 18.2. The SMILES string of the molecule is CCCNC(=O)c1cccc(CNC(=NC)NCc2cc(F)ccc2F)c1.I. The number of halogens is 3. The number of carbonyl (C=O) groups is 1. The van der Waals surface area contributed by atoms with E-state index in [1.54, 1.807) is 19.2 Å². The molecule has 5 nitrogen and oxygen atoms in total. The topological polar surface area (TPSA) is 65.5 Å². The summed E-state index contributed by atoms with van der Waals surface area (Å²) >= 11 is 0. The minimum atomic E-state index is -0.491. The summed E-state index contributed by atoms with van der Waals surface area (Å²) in [4.78, 5) is 16.1. The van der Waals surface area contributed by atoms with Gasteiger partial charge in [-0.15, -0.1) is 24.0 Å². The molecular weight excluding hydrogens is 477 g/mol. The average molecular weight is 502 g/mol. The van der Waals surface area contributed by atoms with E-state index in [2.05, 4.69) is 20.9 Å². The van der Waals surface area contributed by atoms with E-state index in [9.17, 15) is 13.6 Å². The molecule has 152 valence electrons. The zero-order chi connectivity index (χ0) is 19.6. The van der Waals surface area contributed by atoms with Gasteiger partial charge >= 0.3 is 0 Å². The molecule has 0 aliphatic carbocycles. The lowest BCUT2D eigenvalue weighted by molar-refractivity contribution is 0.0953. The van der Waals surface area contributed by atoms with Crippen LogP contribution in [0.3, 0.4) is 0 Å². The third-order valence-electron chi connectivity index (χ3n) is 3.86. The maximum absolute atomic E-state index is 13.7. The van der Waals surface area contributed by atoms with Gasteiger partial charge in [0.1, 0.15) is 11.6 Å². The number of amides is 1. The summed E-state index contributed by atoms with van der Waals surface area (Å²) in [5, 5.41) is 8.87. The van der Waals surface area contributed by atoms with E-state index in [1.807, 2.05) is 19.1 Å². The number of hydrogen-bond donors (Lipinski definition) is 3. The zero-order valence-electron chi connectivity index (χ0n) is 15.9. The molecule has 0 atom stereocenters. The van der Waals surface area contributed by atoms with Crippen LogP contribution in [0.25, 0.3) is 0 Å². The fourth-order valence-electron chi connectivity index (χ4n) is 2.43. The quantitative estimate of drug-likeness (QED) is 0.308. The van der Waals surface area contributed by atoms with Crippen LogP contribution in [0.2, 0.25) is 0 Å². The molecule has 2 aromatic rings. The first kappa shape index (κ1) is 23.8. The molecule has 0 unspecified atom stereocenters. The maximum Gasteiger partial charge on any atom is 0.251 e. The molecule has 0 bridgehead atoms. The summed E-state index contributed by atoms with van der Waals surface area (Å²) in [5.74, 6) is -0.637. The Balaban J connectivity index is 0.00000392. The molecule has 0 aliphatic rings. The molecule has 0 radical (unpaired) electrons. The first-order chi connectivity index (χ1) is 13.0. The lowest BCUT2D eigenvalue weighted by Gasteiger charge is -2.13. The molecule has 8 heteroatoms. The molecule has 0 heterocycles. The van der Waals surface area contributed by atoms with Crippen molar-refractivity contribution in [2.75, 3.05) is 13.6 Å². The number of rotatable bonds is 7. The van der Waals surface area contributed by atoms with Crippen molar-refractivity contribution in [3.63, 3.8) is 0 Å². The highest BCUT2D eigenvalue weighted by atomic mass is 127. The summed E-state index contributed by atoms with van der Waals surface area (Å²) in [6.45, 7) is 3.16. The Morgan fingerprint density at radius 1 is 1.04 bits per heavy atom. The van der Waals surface area contributed by atoms with E-state index >= 15 is 0 Å². The molecule has 0 spiro atoms. The molecule has 1 amide bonds. The highest BCUT2D eigenvalue weighted by molar-refractivity contribution is 14.0. The van der Waals surface area contributed by atoms with Crippen LogP contribution in [-0.4, -0.2) is 25.5 Å². The van der Waals surface area contributed by atoms with Crippen molar-refractivity contribution in [3.8, 4) is 0 Å². The Kier molecular flexibility index (Phi) is 10.4. The Labute approximate surface area is 181 Å². The monoisotopic (exact) mass is 502 g/mol. The number of carbonyl (C=O) groups excluding carboxylic acids is 1. The maximum atomic E-state index is 13.7. The van der Waals surface area contributed by atoms with Crippen molar-refractivity contribution in [2.45, 2.75) is 26.4 Å². The highest BCUT2D eigenvalue weighted by Gasteiger charge is 2.07. The third-order valence-corrected chi connectivity index (χ3v) is 3.86. The van der Waals surface area contributed by atoms with Crippen molar-refractivity contribution in [1.82, 2.24) is 16.0 Å². The summed E-state index contributed by atoms with van der Waals surface area (Å²) in [6.07, 6.45) is 0.876. The van der Waals surface area contributed by atoms with Crippen molar-refractivity contribution >= 4 is 35.8 Å². The van der Waals surface area contributed by atoms with E-state index in [1.165, 1.54) is 0 Å². The number of benzene rings is 2. The van der Waals surface area contributed by atoms with E-state index in [0.29, 0.717) is 24.6 Å². The molecule has 0 saturated heterocycles. The molecule has 28 heavy (non-hydrogen) atoms. The Morgan fingerprint density at radius 2 is 1.79 bits per heavy atom. The van der Waals surface area contributed by atoms with Gasteiger partial charge in [0, 0.05) is 37.8 Å². The highest BCUT2D eigenvalue weighted by Crippen LogP contribution is 2.09. The van der Waals surface area contributed by atoms with Gasteiger partial charge in [0.25, 0.3) is 5.91 Å². The smallest absolute Gasteiger partial charge is 0.251 e. The second kappa shape index (κ2) is 12.3. The fourth-order valence-corrected chi connectivity index (χ4v) is 2.43. The minimum Gasteiger partial charge on any atom is -0.352 e. The van der Waals surface area contributed by atoms with E-state index < -0.39 is 11.6 Å². The van der Waals surface area contributed by atoms with E-state index in [4.69, 9.17) is 0 Å². The number of nitrogens with one attached hydrogen (secondary N) is 3. The van der Waals surface area contributed by atoms with Crippen molar-refractivity contribution in [2.24, 2.45) is 4.99 Å². The lowest BCUT2D eigenvalue weighted by Crippen LogP contribution is -2.36. The van der Waals surface area contributed by atoms with E-state index in [-0.39, 0.29) is 42.0 Å². The standard InChI is InChI=1S/C20H24F2N4O.HI/c1-3-9-24-19(27)15-6-4-5-14(10-15)12-25-20(23-2)26-13-16-11-17(21)7-8-18(16)22;/h4-8,10-11H,3,9,12-13H2,1-2H3,(H,24,27)(H2,23,25,26);1H. The summed E-state index contributed by atoms with van der Waals surface area (Å²) in [6, 6.07) is 10.6. The predicted octanol–water partition coefficient (Wildman–Crippen LogP) is 3.59. The van der Waals surface area contributed by atoms with Crippen LogP contribution in [0.4, 0.5) is 8.78 Å². The van der Waals surface area contributed by atoms with Crippen LogP contribution in [-0.2, 0) is 13.1 Å². The van der Waals surface area contributed by atoms with Crippen molar-refractivity contribution < 1.29 is 13.6 Å². The predicted molar refractivity (Wildman–Crippen MR) is 118 cm³/mol. The first-order valence-corrected chi connectivity index (χ1v) is 8.79. The van der Waals surface area contributed by atoms with Gasteiger partial charge in [0.2, 0.25) is 0 Å². The van der Waals surface area contributed by atoms with Crippen LogP contribution < -0.4 is 16.0 Å². The van der Waals surface area contributed by atoms with E-state index in [0.717, 1.165) is 30.2 Å². The van der Waals surface area contributed by atoms with Crippen molar-refractivity contribution in [3.05, 3.63) is 70.8 Å². The summed E-state index contributed by atoms with van der Waals surface area (Å²) < 4.78 is 26.9. The van der Waals surface area contributed by atoms with Gasteiger partial charge < -0.3 is 16.0 Å².